The maximum atomic E-state index is 5.58. The fourth-order valence-corrected chi connectivity index (χ4v) is 1.56. The molecule has 0 aliphatic heterocycles. The summed E-state index contributed by atoms with van der Waals surface area (Å²) in [5.41, 5.74) is 7.50. The van der Waals surface area contributed by atoms with Crippen molar-refractivity contribution in [1.82, 2.24) is 20.6 Å². The molecule has 2 rings (SSSR count). The van der Waals surface area contributed by atoms with E-state index in [1.54, 1.807) is 0 Å². The molecule has 0 aliphatic rings. The molecular weight excluding hydrogens is 246 g/mol. The number of H-pyrrole nitrogens is 1. The molecule has 1 heterocycles. The normalized spacial score (nSPS) is 10.4. The Labute approximate surface area is 88.8 Å². The summed E-state index contributed by atoms with van der Waals surface area (Å²) in [7, 11) is 0. The van der Waals surface area contributed by atoms with Crippen molar-refractivity contribution in [3.8, 4) is 11.4 Å². The Morgan fingerprint density at radius 3 is 2.93 bits per heavy atom. The molecule has 0 spiro atoms. The summed E-state index contributed by atoms with van der Waals surface area (Å²) in [5.74, 6) is 0.576. The van der Waals surface area contributed by atoms with E-state index in [4.69, 9.17) is 5.73 Å². The molecule has 0 unspecified atom stereocenters. The standard InChI is InChI=1S/C8H8BrN5/c9-7-2-1-5(3-6(7)4-10)8-11-13-14-12-8/h1-3H,4,10H2,(H,11,12,13,14). The number of aromatic amines is 1. The highest BCUT2D eigenvalue weighted by Gasteiger charge is 2.05. The third kappa shape index (κ3) is 1.66. The van der Waals surface area contributed by atoms with Crippen molar-refractivity contribution in [2.45, 2.75) is 6.54 Å². The van der Waals surface area contributed by atoms with Crippen molar-refractivity contribution >= 4 is 15.9 Å². The molecule has 1 aromatic heterocycles. The van der Waals surface area contributed by atoms with E-state index in [2.05, 4.69) is 36.6 Å². The monoisotopic (exact) mass is 253 g/mol. The summed E-state index contributed by atoms with van der Waals surface area (Å²) in [6.07, 6.45) is 0. The Kier molecular flexibility index (Phi) is 2.55. The molecule has 2 aromatic rings. The van der Waals surface area contributed by atoms with Crippen LogP contribution in [0.5, 0.6) is 0 Å². The predicted octanol–water partition coefficient (Wildman–Crippen LogP) is 1.09. The van der Waals surface area contributed by atoms with Crippen LogP contribution in [-0.2, 0) is 6.54 Å². The van der Waals surface area contributed by atoms with Crippen LogP contribution in [0.25, 0.3) is 11.4 Å². The second kappa shape index (κ2) is 3.85. The van der Waals surface area contributed by atoms with Crippen molar-refractivity contribution in [3.05, 3.63) is 28.2 Å². The Hall–Kier alpha value is -1.27. The van der Waals surface area contributed by atoms with E-state index in [0.717, 1.165) is 15.6 Å². The van der Waals surface area contributed by atoms with Gasteiger partial charge in [0.15, 0.2) is 0 Å². The first kappa shape index (κ1) is 9.29. The molecule has 0 radical (unpaired) electrons. The van der Waals surface area contributed by atoms with Gasteiger partial charge in [-0.2, -0.15) is 5.21 Å². The lowest BCUT2D eigenvalue weighted by Gasteiger charge is -2.02. The van der Waals surface area contributed by atoms with Gasteiger partial charge < -0.3 is 5.73 Å². The smallest absolute Gasteiger partial charge is 0.204 e. The van der Waals surface area contributed by atoms with Crippen molar-refractivity contribution in [2.24, 2.45) is 5.73 Å². The zero-order valence-corrected chi connectivity index (χ0v) is 8.82. The summed E-state index contributed by atoms with van der Waals surface area (Å²) in [4.78, 5) is 0. The molecule has 0 fully saturated rings. The predicted molar refractivity (Wildman–Crippen MR) is 55.2 cm³/mol. The molecule has 0 saturated carbocycles. The molecule has 0 amide bonds. The lowest BCUT2D eigenvalue weighted by Crippen LogP contribution is -1.97. The minimum absolute atomic E-state index is 0.478. The van der Waals surface area contributed by atoms with Gasteiger partial charge in [0.2, 0.25) is 5.82 Å². The number of rotatable bonds is 2. The molecule has 1 aromatic carbocycles. The molecule has 0 saturated heterocycles. The molecule has 6 heteroatoms. The number of hydrogen-bond acceptors (Lipinski definition) is 4. The van der Waals surface area contributed by atoms with E-state index < -0.39 is 0 Å². The summed E-state index contributed by atoms with van der Waals surface area (Å²) in [6.45, 7) is 0.478. The number of tetrazole rings is 1. The van der Waals surface area contributed by atoms with Crippen LogP contribution in [0.3, 0.4) is 0 Å². The van der Waals surface area contributed by atoms with Crippen LogP contribution in [0.15, 0.2) is 22.7 Å². The fourth-order valence-electron chi connectivity index (χ4n) is 1.15. The molecule has 0 aliphatic carbocycles. The van der Waals surface area contributed by atoms with Gasteiger partial charge in [-0.3, -0.25) is 0 Å². The highest BCUT2D eigenvalue weighted by molar-refractivity contribution is 9.10. The van der Waals surface area contributed by atoms with Gasteiger partial charge in [0.25, 0.3) is 0 Å². The molecule has 3 N–H and O–H groups in total. The van der Waals surface area contributed by atoms with E-state index >= 15 is 0 Å². The van der Waals surface area contributed by atoms with Crippen LogP contribution in [0, 0.1) is 0 Å². The first-order chi connectivity index (χ1) is 6.81. The van der Waals surface area contributed by atoms with Crippen molar-refractivity contribution < 1.29 is 0 Å². The number of halogens is 1. The quantitative estimate of drug-likeness (QED) is 0.840. The van der Waals surface area contributed by atoms with Crippen molar-refractivity contribution in [1.29, 1.82) is 0 Å². The number of hydrogen-bond donors (Lipinski definition) is 2. The summed E-state index contributed by atoms with van der Waals surface area (Å²) in [6, 6.07) is 5.77. The number of nitrogens with one attached hydrogen (secondary N) is 1. The first-order valence-corrected chi connectivity index (χ1v) is 4.83. The van der Waals surface area contributed by atoms with E-state index in [0.29, 0.717) is 12.4 Å². The highest BCUT2D eigenvalue weighted by Crippen LogP contribution is 2.22. The molecular formula is C8H8BrN5. The number of aromatic nitrogens is 4. The van der Waals surface area contributed by atoms with E-state index in [1.807, 2.05) is 18.2 Å². The van der Waals surface area contributed by atoms with E-state index in [-0.39, 0.29) is 0 Å². The minimum atomic E-state index is 0.478. The Morgan fingerprint density at radius 1 is 1.43 bits per heavy atom. The fraction of sp³-hybridized carbons (Fsp3) is 0.125. The largest absolute Gasteiger partial charge is 0.326 e. The number of benzene rings is 1. The summed E-state index contributed by atoms with van der Waals surface area (Å²) in [5, 5.41) is 13.7. The molecule has 5 nitrogen and oxygen atoms in total. The van der Waals surface area contributed by atoms with Gasteiger partial charge in [0.05, 0.1) is 0 Å². The van der Waals surface area contributed by atoms with Gasteiger partial charge in [-0.25, -0.2) is 0 Å². The van der Waals surface area contributed by atoms with Crippen LogP contribution in [0.1, 0.15) is 5.56 Å². The van der Waals surface area contributed by atoms with Gasteiger partial charge in [-0.15, -0.1) is 10.2 Å². The Bertz CT molecular complexity index is 425. The van der Waals surface area contributed by atoms with Crippen LogP contribution >= 0.6 is 15.9 Å². The third-order valence-corrected chi connectivity index (χ3v) is 2.64. The van der Waals surface area contributed by atoms with Gasteiger partial charge in [-0.05, 0) is 29.0 Å². The second-order valence-corrected chi connectivity index (χ2v) is 3.60. The summed E-state index contributed by atoms with van der Waals surface area (Å²) >= 11 is 3.41. The lowest BCUT2D eigenvalue weighted by molar-refractivity contribution is 0.881. The van der Waals surface area contributed by atoms with E-state index in [1.165, 1.54) is 0 Å². The van der Waals surface area contributed by atoms with Crippen molar-refractivity contribution in [3.63, 3.8) is 0 Å². The average Bonchev–Trinajstić information content (AvgIpc) is 2.71. The molecule has 14 heavy (non-hydrogen) atoms. The summed E-state index contributed by atoms with van der Waals surface area (Å²) < 4.78 is 0.993. The SMILES string of the molecule is NCc1cc(-c2nn[nH]n2)ccc1Br. The number of nitrogens with two attached hydrogens (primary N) is 1. The average molecular weight is 254 g/mol. The van der Waals surface area contributed by atoms with Crippen molar-refractivity contribution in [2.75, 3.05) is 0 Å². The van der Waals surface area contributed by atoms with Gasteiger partial charge in [0, 0.05) is 16.6 Å². The minimum Gasteiger partial charge on any atom is -0.326 e. The van der Waals surface area contributed by atoms with Gasteiger partial charge >= 0.3 is 0 Å². The third-order valence-electron chi connectivity index (χ3n) is 1.87. The maximum absolute atomic E-state index is 5.58. The van der Waals surface area contributed by atoms with Crippen LogP contribution in [0.4, 0.5) is 0 Å². The maximum Gasteiger partial charge on any atom is 0.204 e. The highest BCUT2D eigenvalue weighted by atomic mass is 79.9. The van der Waals surface area contributed by atoms with Gasteiger partial charge in [0.1, 0.15) is 0 Å². The van der Waals surface area contributed by atoms with Crippen LogP contribution in [-0.4, -0.2) is 20.6 Å². The zero-order valence-electron chi connectivity index (χ0n) is 7.24. The zero-order chi connectivity index (χ0) is 9.97. The lowest BCUT2D eigenvalue weighted by atomic mass is 10.1. The number of nitrogens with zero attached hydrogens (tertiary/aromatic N) is 3. The Balaban J connectivity index is 2.46. The second-order valence-electron chi connectivity index (χ2n) is 2.75. The van der Waals surface area contributed by atoms with E-state index in [9.17, 15) is 0 Å². The van der Waals surface area contributed by atoms with Gasteiger partial charge in [-0.1, -0.05) is 15.9 Å². The first-order valence-electron chi connectivity index (χ1n) is 4.03. The molecule has 0 atom stereocenters. The van der Waals surface area contributed by atoms with Crippen LogP contribution in [0.2, 0.25) is 0 Å². The molecule has 72 valence electrons. The van der Waals surface area contributed by atoms with Crippen LogP contribution < -0.4 is 5.73 Å². The topological polar surface area (TPSA) is 80.5 Å². The molecule has 0 bridgehead atoms. The Morgan fingerprint density at radius 2 is 2.29 bits per heavy atom.